The molecule has 5 nitrogen and oxygen atoms in total. The first-order valence-electron chi connectivity index (χ1n) is 13.6. The van der Waals surface area contributed by atoms with Gasteiger partial charge in [0.05, 0.1) is 13.2 Å². The van der Waals surface area contributed by atoms with Crippen LogP contribution >= 0.6 is 0 Å². The van der Waals surface area contributed by atoms with Crippen LogP contribution < -0.4 is 0 Å². The van der Waals surface area contributed by atoms with E-state index in [4.69, 9.17) is 10.3 Å². The Labute approximate surface area is 211 Å². The van der Waals surface area contributed by atoms with Crippen LogP contribution in [-0.2, 0) is 9.53 Å². The molecule has 2 aliphatic rings. The lowest BCUT2D eigenvalue weighted by Crippen LogP contribution is -2.49. The van der Waals surface area contributed by atoms with Crippen molar-refractivity contribution < 1.29 is 9.53 Å². The van der Waals surface area contributed by atoms with Gasteiger partial charge in [0.2, 0.25) is 0 Å². The SMILES string of the molecule is C/C=C/CCCC/C=C(/C(=O)OCCN=[N+]=[N-])C1CCCCC1C1C(C)C(c2ccccc2)C1C. The van der Waals surface area contributed by atoms with Crippen molar-refractivity contribution in [2.24, 2.45) is 34.7 Å². The number of azide groups is 1. The molecular weight excluding hydrogens is 434 g/mol. The van der Waals surface area contributed by atoms with Crippen molar-refractivity contribution in [1.82, 2.24) is 0 Å². The van der Waals surface area contributed by atoms with Crippen LogP contribution in [0.2, 0.25) is 0 Å². The lowest BCUT2D eigenvalue weighted by atomic mass is 9.49. The average Bonchev–Trinajstić information content (AvgIpc) is 2.87. The third-order valence-corrected chi connectivity index (χ3v) is 8.39. The van der Waals surface area contributed by atoms with E-state index in [9.17, 15) is 4.79 Å². The summed E-state index contributed by atoms with van der Waals surface area (Å²) in [6, 6.07) is 10.9. The van der Waals surface area contributed by atoms with Gasteiger partial charge in [-0.25, -0.2) is 4.79 Å². The van der Waals surface area contributed by atoms with E-state index in [0.29, 0.717) is 29.6 Å². The van der Waals surface area contributed by atoms with Gasteiger partial charge in [0.1, 0.15) is 0 Å². The Kier molecular flexibility index (Phi) is 10.9. The Balaban J connectivity index is 1.75. The van der Waals surface area contributed by atoms with Crippen LogP contribution in [0.25, 0.3) is 10.4 Å². The van der Waals surface area contributed by atoms with Gasteiger partial charge >= 0.3 is 5.97 Å². The Morgan fingerprint density at radius 2 is 1.83 bits per heavy atom. The minimum atomic E-state index is -0.206. The van der Waals surface area contributed by atoms with Crippen molar-refractivity contribution in [3.8, 4) is 0 Å². The Morgan fingerprint density at radius 1 is 1.11 bits per heavy atom. The third kappa shape index (κ3) is 7.01. The number of ether oxygens (including phenoxy) is 1. The Morgan fingerprint density at radius 3 is 2.54 bits per heavy atom. The highest BCUT2D eigenvalue weighted by Crippen LogP contribution is 2.59. The van der Waals surface area contributed by atoms with Gasteiger partial charge in [0.25, 0.3) is 0 Å². The Hall–Kier alpha value is -2.52. The number of rotatable bonds is 12. The summed E-state index contributed by atoms with van der Waals surface area (Å²) in [5, 5.41) is 3.52. The van der Waals surface area contributed by atoms with E-state index in [-0.39, 0.29) is 25.0 Å². The monoisotopic (exact) mass is 477 g/mol. The molecule has 0 aliphatic heterocycles. The number of carbonyl (C=O) groups excluding carboxylic acids is 1. The predicted molar refractivity (Wildman–Crippen MR) is 143 cm³/mol. The lowest BCUT2D eigenvalue weighted by Gasteiger charge is -2.56. The number of esters is 1. The minimum Gasteiger partial charge on any atom is -0.462 e. The molecule has 0 heterocycles. The van der Waals surface area contributed by atoms with Gasteiger partial charge in [-0.2, -0.15) is 0 Å². The lowest BCUT2D eigenvalue weighted by molar-refractivity contribution is -0.140. The van der Waals surface area contributed by atoms with E-state index in [1.807, 2.05) is 0 Å². The first-order valence-corrected chi connectivity index (χ1v) is 13.6. The zero-order valence-corrected chi connectivity index (χ0v) is 21.8. The fourth-order valence-electron chi connectivity index (χ4n) is 6.88. The predicted octanol–water partition coefficient (Wildman–Crippen LogP) is 8.40. The molecule has 1 aromatic carbocycles. The second kappa shape index (κ2) is 14.1. The zero-order chi connectivity index (χ0) is 25.0. The number of allylic oxidation sites excluding steroid dienone is 3. The molecule has 0 bridgehead atoms. The second-order valence-electron chi connectivity index (χ2n) is 10.4. The highest BCUT2D eigenvalue weighted by Gasteiger charge is 2.51. The molecule has 2 aliphatic carbocycles. The number of nitrogens with zero attached hydrogens (tertiary/aromatic N) is 3. The fraction of sp³-hybridized carbons (Fsp3) is 0.633. The van der Waals surface area contributed by atoms with Crippen LogP contribution in [0.1, 0.15) is 83.6 Å². The van der Waals surface area contributed by atoms with Gasteiger partial charge < -0.3 is 4.74 Å². The smallest absolute Gasteiger partial charge is 0.333 e. The summed E-state index contributed by atoms with van der Waals surface area (Å²) in [5.41, 5.74) is 10.9. The van der Waals surface area contributed by atoms with Crippen LogP contribution in [-0.4, -0.2) is 19.1 Å². The quantitative estimate of drug-likeness (QED) is 0.0576. The second-order valence-corrected chi connectivity index (χ2v) is 10.4. The van der Waals surface area contributed by atoms with Crippen LogP contribution in [0.3, 0.4) is 0 Å². The minimum absolute atomic E-state index is 0.144. The van der Waals surface area contributed by atoms with Crippen molar-refractivity contribution >= 4 is 5.97 Å². The van der Waals surface area contributed by atoms with Crippen molar-refractivity contribution in [3.63, 3.8) is 0 Å². The summed E-state index contributed by atoms with van der Waals surface area (Å²) in [7, 11) is 0. The molecule has 190 valence electrons. The topological polar surface area (TPSA) is 75.1 Å². The van der Waals surface area contributed by atoms with E-state index < -0.39 is 0 Å². The summed E-state index contributed by atoms with van der Waals surface area (Å²) in [6.45, 7) is 7.21. The van der Waals surface area contributed by atoms with Crippen molar-refractivity contribution in [2.75, 3.05) is 13.2 Å². The maximum absolute atomic E-state index is 13.3. The summed E-state index contributed by atoms with van der Waals surface area (Å²) in [6.07, 6.45) is 15.3. The molecular formula is C30H43N3O2. The molecule has 0 radical (unpaired) electrons. The van der Waals surface area contributed by atoms with E-state index >= 15 is 0 Å². The fourth-order valence-corrected chi connectivity index (χ4v) is 6.88. The summed E-state index contributed by atoms with van der Waals surface area (Å²) < 4.78 is 5.60. The van der Waals surface area contributed by atoms with Crippen LogP contribution in [0.5, 0.6) is 0 Å². The molecule has 4 unspecified atom stereocenters. The van der Waals surface area contributed by atoms with E-state index in [1.54, 1.807) is 0 Å². The van der Waals surface area contributed by atoms with Crippen molar-refractivity contribution in [2.45, 2.75) is 78.1 Å². The van der Waals surface area contributed by atoms with Gasteiger partial charge in [-0.3, -0.25) is 0 Å². The van der Waals surface area contributed by atoms with E-state index in [0.717, 1.165) is 37.7 Å². The van der Waals surface area contributed by atoms with Gasteiger partial charge in [-0.1, -0.05) is 80.4 Å². The van der Waals surface area contributed by atoms with E-state index in [1.165, 1.54) is 24.8 Å². The van der Waals surface area contributed by atoms with Crippen LogP contribution in [0.15, 0.2) is 59.2 Å². The summed E-state index contributed by atoms with van der Waals surface area (Å²) >= 11 is 0. The number of hydrogen-bond acceptors (Lipinski definition) is 3. The molecule has 4 atom stereocenters. The molecule has 0 N–H and O–H groups in total. The summed E-state index contributed by atoms with van der Waals surface area (Å²) in [4.78, 5) is 16.0. The molecule has 2 saturated carbocycles. The van der Waals surface area contributed by atoms with Crippen molar-refractivity contribution in [3.05, 3.63) is 70.1 Å². The molecule has 0 amide bonds. The highest BCUT2D eigenvalue weighted by atomic mass is 16.5. The van der Waals surface area contributed by atoms with Gasteiger partial charge in [0, 0.05) is 10.5 Å². The molecule has 2 fully saturated rings. The van der Waals surface area contributed by atoms with Crippen LogP contribution in [0, 0.1) is 29.6 Å². The molecule has 35 heavy (non-hydrogen) atoms. The van der Waals surface area contributed by atoms with Crippen molar-refractivity contribution in [1.29, 1.82) is 0 Å². The number of unbranched alkanes of at least 4 members (excludes halogenated alkanes) is 3. The van der Waals surface area contributed by atoms with Gasteiger partial charge in [-0.05, 0) is 92.1 Å². The first kappa shape index (κ1) is 27.1. The van der Waals surface area contributed by atoms with E-state index in [2.05, 4.69) is 79.4 Å². The third-order valence-electron chi connectivity index (χ3n) is 8.39. The Bertz CT molecular complexity index is 893. The average molecular weight is 478 g/mol. The molecule has 0 saturated heterocycles. The largest absolute Gasteiger partial charge is 0.462 e. The highest BCUT2D eigenvalue weighted by molar-refractivity contribution is 5.89. The summed E-state index contributed by atoms with van der Waals surface area (Å²) in [5.74, 6) is 3.02. The standard InChI is InChI=1S/C30H43N3O2/c1-4-5-6-7-8-12-19-27(30(34)35-21-20-32-33-31)25-17-13-14-18-26(25)29-22(2)28(23(29)3)24-15-10-9-11-16-24/h4-5,9-11,15-16,19,22-23,25-26,28-29H,6-8,12-14,17-18,20-21H2,1-3H3/b5-4+,27-19+. The molecule has 3 rings (SSSR count). The molecule has 1 aromatic rings. The van der Waals surface area contributed by atoms with Crippen LogP contribution in [0.4, 0.5) is 0 Å². The van der Waals surface area contributed by atoms with Gasteiger partial charge in [0.15, 0.2) is 0 Å². The number of carbonyl (C=O) groups is 1. The maximum Gasteiger partial charge on any atom is 0.333 e. The van der Waals surface area contributed by atoms with Gasteiger partial charge in [-0.15, -0.1) is 0 Å². The maximum atomic E-state index is 13.3. The first-order chi connectivity index (χ1) is 17.1. The normalized spacial score (nSPS) is 28.8. The molecule has 0 spiro atoms. The number of hydrogen-bond donors (Lipinski definition) is 0. The molecule has 0 aromatic heterocycles. The number of benzene rings is 1. The molecule has 5 heteroatoms. The zero-order valence-electron chi connectivity index (χ0n) is 21.8.